The third-order valence-electron chi connectivity index (χ3n) is 5.34. The van der Waals surface area contributed by atoms with Crippen molar-refractivity contribution in [3.05, 3.63) is 70.9 Å². The minimum Gasteiger partial charge on any atom is -0.495 e. The second-order valence-corrected chi connectivity index (χ2v) is 7.16. The number of anilines is 2. The number of nitrogens with one attached hydrogen (secondary N) is 2. The summed E-state index contributed by atoms with van der Waals surface area (Å²) in [5.74, 6) is 0.830. The zero-order valence-electron chi connectivity index (χ0n) is 17.1. The maximum atomic E-state index is 12.9. The van der Waals surface area contributed by atoms with Crippen LogP contribution >= 0.6 is 0 Å². The van der Waals surface area contributed by atoms with Crippen molar-refractivity contribution in [2.24, 2.45) is 0 Å². The number of carbonyl (C=O) groups excluding carboxylic acids is 1. The largest absolute Gasteiger partial charge is 0.495 e. The highest BCUT2D eigenvalue weighted by Crippen LogP contribution is 2.28. The Morgan fingerprint density at radius 3 is 2.33 bits per heavy atom. The number of H-pyrrole nitrogens is 1. The first kappa shape index (κ1) is 19.6. The molecule has 0 unspecified atom stereocenters. The second kappa shape index (κ2) is 8.36. The summed E-state index contributed by atoms with van der Waals surface area (Å²) >= 11 is 0. The van der Waals surface area contributed by atoms with Gasteiger partial charge in [0.05, 0.1) is 24.2 Å². The summed E-state index contributed by atoms with van der Waals surface area (Å²) in [6, 6.07) is 15.0. The van der Waals surface area contributed by atoms with Gasteiger partial charge in [0.2, 0.25) is 0 Å². The van der Waals surface area contributed by atoms with Gasteiger partial charge in [0.15, 0.2) is 0 Å². The van der Waals surface area contributed by atoms with Crippen LogP contribution in [0.1, 0.15) is 5.69 Å². The van der Waals surface area contributed by atoms with E-state index in [0.717, 1.165) is 17.1 Å². The summed E-state index contributed by atoms with van der Waals surface area (Å²) in [5, 5.41) is 2.97. The lowest BCUT2D eigenvalue weighted by Crippen LogP contribution is -2.50. The number of aryl methyl sites for hydroxylation is 1. The van der Waals surface area contributed by atoms with E-state index in [0.29, 0.717) is 37.6 Å². The zero-order valence-corrected chi connectivity index (χ0v) is 17.1. The van der Waals surface area contributed by atoms with E-state index in [9.17, 15) is 9.59 Å². The van der Waals surface area contributed by atoms with Gasteiger partial charge in [-0.25, -0.2) is 9.59 Å². The number of hydrogen-bond acceptors (Lipinski definition) is 4. The normalized spacial score (nSPS) is 13.9. The van der Waals surface area contributed by atoms with Crippen molar-refractivity contribution in [2.45, 2.75) is 6.92 Å². The van der Waals surface area contributed by atoms with Crippen LogP contribution < -0.4 is 20.6 Å². The molecule has 0 bridgehead atoms. The summed E-state index contributed by atoms with van der Waals surface area (Å²) in [6.07, 6.45) is 1.65. The van der Waals surface area contributed by atoms with Crippen molar-refractivity contribution in [1.29, 1.82) is 0 Å². The number of nitrogens with zero attached hydrogens (tertiary/aromatic N) is 3. The molecule has 0 radical (unpaired) electrons. The maximum absolute atomic E-state index is 12.9. The van der Waals surface area contributed by atoms with Gasteiger partial charge in [-0.2, -0.15) is 0 Å². The van der Waals surface area contributed by atoms with Gasteiger partial charge in [-0.05, 0) is 31.2 Å². The first-order valence-corrected chi connectivity index (χ1v) is 9.89. The lowest BCUT2D eigenvalue weighted by Gasteiger charge is -2.36. The third-order valence-corrected chi connectivity index (χ3v) is 5.34. The Balaban J connectivity index is 1.46. The third kappa shape index (κ3) is 3.76. The molecule has 1 aliphatic heterocycles. The molecular formula is C22H25N5O3. The number of ether oxygens (including phenoxy) is 1. The van der Waals surface area contributed by atoms with E-state index in [1.54, 1.807) is 28.8 Å². The summed E-state index contributed by atoms with van der Waals surface area (Å²) in [4.78, 5) is 31.8. The van der Waals surface area contributed by atoms with Gasteiger partial charge in [-0.1, -0.05) is 24.3 Å². The average Bonchev–Trinajstić information content (AvgIpc) is 3.12. The Kier molecular flexibility index (Phi) is 5.47. The average molecular weight is 407 g/mol. The molecule has 2 amide bonds. The smallest absolute Gasteiger partial charge is 0.330 e. The number of hydrogen-bond donors (Lipinski definition) is 2. The molecule has 8 nitrogen and oxygen atoms in total. The molecule has 0 spiro atoms. The van der Waals surface area contributed by atoms with Crippen LogP contribution in [0, 0.1) is 6.92 Å². The van der Waals surface area contributed by atoms with Gasteiger partial charge in [0.25, 0.3) is 0 Å². The zero-order chi connectivity index (χ0) is 21.1. The Labute approximate surface area is 174 Å². The van der Waals surface area contributed by atoms with Crippen LogP contribution in [0.4, 0.5) is 16.2 Å². The van der Waals surface area contributed by atoms with Crippen LogP contribution in [0.25, 0.3) is 5.69 Å². The Hall–Kier alpha value is -3.68. The van der Waals surface area contributed by atoms with Crippen LogP contribution in [-0.2, 0) is 0 Å². The van der Waals surface area contributed by atoms with Crippen molar-refractivity contribution in [2.75, 3.05) is 43.5 Å². The summed E-state index contributed by atoms with van der Waals surface area (Å²) < 4.78 is 7.01. The fraction of sp³-hybridized carbons (Fsp3) is 0.273. The van der Waals surface area contributed by atoms with E-state index in [2.05, 4.69) is 15.2 Å². The molecule has 2 N–H and O–H groups in total. The number of amides is 2. The number of methoxy groups -OCH3 is 1. The topological polar surface area (TPSA) is 82.6 Å². The molecule has 1 saturated heterocycles. The van der Waals surface area contributed by atoms with E-state index in [4.69, 9.17) is 4.74 Å². The number of aromatic amines is 1. The van der Waals surface area contributed by atoms with E-state index < -0.39 is 0 Å². The number of carbonyl (C=O) groups is 1. The van der Waals surface area contributed by atoms with E-state index in [1.165, 1.54) is 0 Å². The van der Waals surface area contributed by atoms with Gasteiger partial charge in [-0.15, -0.1) is 0 Å². The molecule has 1 aromatic heterocycles. The number of para-hydroxylation sites is 4. The second-order valence-electron chi connectivity index (χ2n) is 7.16. The highest BCUT2D eigenvalue weighted by molar-refractivity contribution is 5.91. The predicted molar refractivity (Wildman–Crippen MR) is 117 cm³/mol. The molecule has 1 fully saturated rings. The minimum absolute atomic E-state index is 0.177. The van der Waals surface area contributed by atoms with Crippen molar-refractivity contribution < 1.29 is 9.53 Å². The Morgan fingerprint density at radius 2 is 1.67 bits per heavy atom. The predicted octanol–water partition coefficient (Wildman–Crippen LogP) is 2.84. The molecule has 8 heteroatoms. The molecule has 156 valence electrons. The highest BCUT2D eigenvalue weighted by Gasteiger charge is 2.23. The fourth-order valence-corrected chi connectivity index (χ4v) is 3.76. The van der Waals surface area contributed by atoms with Gasteiger partial charge >= 0.3 is 11.7 Å². The molecule has 2 aromatic carbocycles. The summed E-state index contributed by atoms with van der Waals surface area (Å²) in [7, 11) is 1.66. The van der Waals surface area contributed by atoms with Gasteiger partial charge < -0.3 is 24.8 Å². The van der Waals surface area contributed by atoms with Crippen LogP contribution in [0.3, 0.4) is 0 Å². The minimum atomic E-state index is -0.236. The molecule has 1 aliphatic rings. The molecule has 4 rings (SSSR count). The van der Waals surface area contributed by atoms with Gasteiger partial charge in [-0.3, -0.25) is 4.57 Å². The monoisotopic (exact) mass is 407 g/mol. The van der Waals surface area contributed by atoms with Crippen molar-refractivity contribution in [3.8, 4) is 11.4 Å². The lowest BCUT2D eigenvalue weighted by atomic mass is 10.2. The molecular weight excluding hydrogens is 382 g/mol. The quantitative estimate of drug-likeness (QED) is 0.697. The van der Waals surface area contributed by atoms with Crippen molar-refractivity contribution in [1.82, 2.24) is 14.5 Å². The summed E-state index contributed by atoms with van der Waals surface area (Å²) in [6.45, 7) is 4.45. The standard InChI is InChI=1S/C22H25N5O3/c1-16-15-23-21(28)27(16)18-8-4-3-7-17(18)24-22(29)26-13-11-25(12-14-26)19-9-5-6-10-20(19)30-2/h3-10,15H,11-14H2,1-2H3,(H,23,28)(H,24,29). The number of piperazine rings is 1. The lowest BCUT2D eigenvalue weighted by molar-refractivity contribution is 0.208. The Morgan fingerprint density at radius 1 is 1.00 bits per heavy atom. The van der Waals surface area contributed by atoms with Crippen molar-refractivity contribution in [3.63, 3.8) is 0 Å². The van der Waals surface area contributed by atoms with Crippen LogP contribution in [-0.4, -0.2) is 53.8 Å². The number of imidazole rings is 1. The first-order valence-electron chi connectivity index (χ1n) is 9.89. The van der Waals surface area contributed by atoms with E-state index in [1.807, 2.05) is 49.4 Å². The van der Waals surface area contributed by atoms with Crippen molar-refractivity contribution >= 4 is 17.4 Å². The summed E-state index contributed by atoms with van der Waals surface area (Å²) in [5.41, 5.74) is 2.81. The number of rotatable bonds is 4. The Bertz CT molecular complexity index is 1100. The highest BCUT2D eigenvalue weighted by atomic mass is 16.5. The molecule has 3 aromatic rings. The molecule has 0 aliphatic carbocycles. The molecule has 30 heavy (non-hydrogen) atoms. The van der Waals surface area contributed by atoms with E-state index >= 15 is 0 Å². The molecule has 0 saturated carbocycles. The van der Waals surface area contributed by atoms with Gasteiger partial charge in [0.1, 0.15) is 5.75 Å². The number of benzene rings is 2. The van der Waals surface area contributed by atoms with Gasteiger partial charge in [0, 0.05) is 38.1 Å². The molecule has 2 heterocycles. The maximum Gasteiger partial charge on any atom is 0.330 e. The van der Waals surface area contributed by atoms with E-state index in [-0.39, 0.29) is 11.7 Å². The molecule has 0 atom stereocenters. The van der Waals surface area contributed by atoms with Crippen LogP contribution in [0.5, 0.6) is 5.75 Å². The fourth-order valence-electron chi connectivity index (χ4n) is 3.76. The SMILES string of the molecule is COc1ccccc1N1CCN(C(=O)Nc2ccccc2-n2c(C)c[nH]c2=O)CC1. The first-order chi connectivity index (χ1) is 14.6. The number of urea groups is 1. The van der Waals surface area contributed by atoms with Crippen LogP contribution in [0.2, 0.25) is 0 Å². The number of aromatic nitrogens is 2. The van der Waals surface area contributed by atoms with Crippen LogP contribution in [0.15, 0.2) is 59.5 Å².